The van der Waals surface area contributed by atoms with Crippen LogP contribution in [-0.4, -0.2) is 192 Å². The Morgan fingerprint density at radius 1 is 0.538 bits per heavy atom. The number of urea groups is 1. The fourth-order valence-corrected chi connectivity index (χ4v) is 15.1. The fourth-order valence-electron chi connectivity index (χ4n) is 13.0. The number of anilines is 1. The molecule has 0 spiro atoms. The predicted octanol–water partition coefficient (Wildman–Crippen LogP) is -21.9. The molecule has 5 N–H and O–H groups in total. The number of nitrogens with zero attached hydrogens (tertiary/aromatic N) is 2. The van der Waals surface area contributed by atoms with Crippen LogP contribution in [0, 0.1) is 0 Å². The quantitative estimate of drug-likeness (QED) is 0.0119. The summed E-state index contributed by atoms with van der Waals surface area (Å²) in [6.45, 7) is 7.27. The molecule has 4 aromatic rings. The van der Waals surface area contributed by atoms with Gasteiger partial charge in [0, 0.05) is 90.8 Å². The monoisotopic (exact) mass is 1790 g/mol. The number of benzene rings is 4. The second-order valence-electron chi connectivity index (χ2n) is 27.7. The smallest absolute Gasteiger partial charge is 0.748 e. The van der Waals surface area contributed by atoms with Crippen molar-refractivity contribution in [1.82, 2.24) is 26.6 Å². The van der Waals surface area contributed by atoms with E-state index in [9.17, 15) is 111 Å². The molecule has 34 nitrogen and oxygen atoms in total. The number of carbonyl (C=O) groups excluding carboxylic acids is 8. The molecule has 2 heterocycles. The van der Waals surface area contributed by atoms with Gasteiger partial charge in [0.05, 0.1) is 97.9 Å². The van der Waals surface area contributed by atoms with E-state index in [4.69, 9.17) is 14.2 Å². The molecule has 610 valence electrons. The molecule has 2 aliphatic heterocycles. The van der Waals surface area contributed by atoms with Gasteiger partial charge in [-0.3, -0.25) is 14.4 Å². The van der Waals surface area contributed by atoms with Crippen molar-refractivity contribution in [3.63, 3.8) is 0 Å². The average Bonchev–Trinajstić information content (AvgIpc) is 1.59. The van der Waals surface area contributed by atoms with Crippen LogP contribution in [0.3, 0.4) is 0 Å². The number of ether oxygens (including phenoxy) is 3. The third-order valence-corrected chi connectivity index (χ3v) is 22.0. The normalized spacial score (nSPS) is 15.6. The average molecular weight is 1790 g/mol. The summed E-state index contributed by atoms with van der Waals surface area (Å²) in [7, 11) is -19.0. The number of hydrogen-bond acceptors (Lipinski definition) is 28. The molecular weight excluding hydrogens is 1710 g/mol. The van der Waals surface area contributed by atoms with Gasteiger partial charge in [-0.15, -0.1) is 0 Å². The number of rotatable bonds is 44. The number of hydrogen-bond donors (Lipinski definition) is 5. The van der Waals surface area contributed by atoms with Crippen LogP contribution < -0.4 is 264 Å². The minimum absolute atomic E-state index is 0. The number of amides is 5. The molecular formula is C74H86N7Na7O27S4. The maximum atomic E-state index is 14.1. The molecule has 0 radical (unpaired) electrons. The summed E-state index contributed by atoms with van der Waals surface area (Å²) in [4.78, 5) is 99.4. The van der Waals surface area contributed by atoms with Gasteiger partial charge >= 0.3 is 213 Å². The number of nitrogens with one attached hydrogen (secondary N) is 5. The molecule has 0 aromatic heterocycles. The van der Waals surface area contributed by atoms with E-state index in [1.54, 1.807) is 78.9 Å². The van der Waals surface area contributed by atoms with Crippen molar-refractivity contribution in [2.45, 2.75) is 162 Å². The Balaban J connectivity index is 0.0000199. The van der Waals surface area contributed by atoms with Crippen molar-refractivity contribution in [2.24, 2.45) is 0 Å². The van der Waals surface area contributed by atoms with Crippen LogP contribution in [0.25, 0.3) is 0 Å². The maximum absolute atomic E-state index is 14.1. The van der Waals surface area contributed by atoms with Crippen LogP contribution in [-0.2, 0) is 107 Å². The third-order valence-electron chi connectivity index (χ3n) is 18.7. The van der Waals surface area contributed by atoms with Gasteiger partial charge in [-0.1, -0.05) is 62.4 Å². The van der Waals surface area contributed by atoms with E-state index >= 15 is 0 Å². The minimum atomic E-state index is -4.93. The Hall–Kier alpha value is -2.77. The van der Waals surface area contributed by atoms with E-state index in [2.05, 4.69) is 16.0 Å². The zero-order valence-electron chi connectivity index (χ0n) is 68.6. The van der Waals surface area contributed by atoms with Crippen molar-refractivity contribution >= 4 is 105 Å². The van der Waals surface area contributed by atoms with Crippen molar-refractivity contribution in [2.75, 3.05) is 62.5 Å². The Bertz CT molecular complexity index is 4830. The van der Waals surface area contributed by atoms with E-state index in [0.717, 1.165) is 0 Å². The van der Waals surface area contributed by atoms with Gasteiger partial charge in [0.15, 0.2) is 5.71 Å². The molecule has 7 rings (SSSR count). The Kier molecular flexibility index (Phi) is 52.5. The van der Waals surface area contributed by atoms with Crippen LogP contribution in [0.4, 0.5) is 16.2 Å². The van der Waals surface area contributed by atoms with Crippen LogP contribution in [0.15, 0.2) is 148 Å². The Morgan fingerprint density at radius 3 is 1.64 bits per heavy atom. The molecule has 4 atom stereocenters. The summed E-state index contributed by atoms with van der Waals surface area (Å²) in [5.41, 5.74) is 3.38. The largest absolute Gasteiger partial charge is 1.00 e. The van der Waals surface area contributed by atoms with Gasteiger partial charge in [0.2, 0.25) is 23.4 Å². The number of allylic oxidation sites excluding steroid dienone is 7. The van der Waals surface area contributed by atoms with E-state index in [0.29, 0.717) is 81.2 Å². The first-order valence-corrected chi connectivity index (χ1v) is 41.5. The molecule has 1 aliphatic carbocycles. The first-order valence-electron chi connectivity index (χ1n) is 35.6. The summed E-state index contributed by atoms with van der Waals surface area (Å²) in [6, 6.07) is 14.9. The Morgan fingerprint density at radius 2 is 1.08 bits per heavy atom. The molecule has 0 unspecified atom stereocenters. The van der Waals surface area contributed by atoms with E-state index in [-0.39, 0.29) is 304 Å². The van der Waals surface area contributed by atoms with E-state index < -0.39 is 170 Å². The molecule has 0 saturated carbocycles. The van der Waals surface area contributed by atoms with Crippen molar-refractivity contribution in [3.8, 4) is 5.75 Å². The molecule has 3 aliphatic rings. The molecule has 5 amide bonds. The summed E-state index contributed by atoms with van der Waals surface area (Å²) in [5.74, 6) is -9.77. The molecule has 0 saturated heterocycles. The molecule has 0 fully saturated rings. The molecule has 119 heavy (non-hydrogen) atoms. The topological polar surface area (TPSA) is 552 Å². The van der Waals surface area contributed by atoms with Crippen LogP contribution in [0.2, 0.25) is 0 Å². The second-order valence-corrected chi connectivity index (χ2v) is 33.5. The predicted molar refractivity (Wildman–Crippen MR) is 388 cm³/mol. The van der Waals surface area contributed by atoms with Crippen molar-refractivity contribution < 1.29 is 336 Å². The number of carbonyl (C=O) groups is 8. The summed E-state index contributed by atoms with van der Waals surface area (Å²) in [5, 5.41) is 57.9. The SMILES string of the molecule is CC1(C)C(=CC=C2CCCC(C=CC3=[N+](CCCCS(=O)(=O)[O-])c4ccc(S(=O)(=O)[O-])cc4C3(C)C)=C2Oc2ccc(C[C@H](NC(=O)[C@H](Cc3ccccc3)NC(=O)CCOCCOCCNC(=O)CC[C@H](NC(=O)N[C@@H](CCC(=O)[O-])C(=O)[O-])C(=O)[O-])C(=O)[O-])cc2)N(CCCCS(=O)(=O)[O-])c2ccc(S(=O)(=O)[O-])cc21.[Na+].[Na+].[Na+].[Na+].[Na+].[Na+].[Na+]. The molecule has 0 bridgehead atoms. The van der Waals surface area contributed by atoms with Crippen LogP contribution >= 0.6 is 0 Å². The van der Waals surface area contributed by atoms with Gasteiger partial charge < -0.3 is 104 Å². The fraction of sp³-hybridized carbons (Fsp3) is 0.446. The second kappa shape index (κ2) is 53.8. The number of unbranched alkanes of at least 4 members (excludes halogenated alkanes) is 2. The van der Waals surface area contributed by atoms with Crippen LogP contribution in [0.5, 0.6) is 5.75 Å². The third kappa shape index (κ3) is 37.2. The van der Waals surface area contributed by atoms with Crippen molar-refractivity contribution in [3.05, 3.63) is 160 Å². The van der Waals surface area contributed by atoms with Gasteiger partial charge in [-0.05, 0) is 161 Å². The maximum Gasteiger partial charge on any atom is 1.00 e. The molecule has 4 aromatic carbocycles. The Labute approximate surface area is 847 Å². The standard InChI is InChI=1S/C74H93N7O27S4.7Na/c1-73(2)54-45-52(111(100,101)102)23-27-60(54)80(35-8-10-41-109(94,95)96)62(73)29-19-49-15-12-16-50(20-30-63-74(3,4)55-46-53(112(103,104)105)24-28-61(55)81(63)36-9-11-42-110(97,98)99)67(49)108-51-21-17-48(18-22-51)44-59(71(91)92)77-68(86)58(43-47-13-6-5-7-14-47)76-65(83)33-37-106-39-40-107-38-34-75-64(82)31-25-56(69(87)88)78-72(93)79-57(70(89)90)26-32-66(84)85;;;;;;;/h5-7,13-14,17-24,27-30,45-46,56-59H,8-12,15-16,25-26,31-44H2,1-4H3,(H12-,75,76,77,78,79,82,83,84,85,86,87,88,89,90,91,92,93,94,95,96,97,98,99,100,101,102,103,104,105);;;;;;;/q;7*+1/p-7/t56-,57-,58-,59-;;;;;;;/m0......./s1. The molecule has 45 heteroatoms. The zero-order chi connectivity index (χ0) is 82.5. The summed E-state index contributed by atoms with van der Waals surface area (Å²) in [6.07, 6.45) is 5.98. The van der Waals surface area contributed by atoms with Gasteiger partial charge in [0.1, 0.15) is 44.3 Å². The van der Waals surface area contributed by atoms with Gasteiger partial charge in [0.25, 0.3) is 0 Å². The number of aliphatic carboxylic acids is 4. The first kappa shape index (κ1) is 116. The number of carboxylic acid groups (broad SMARTS) is 4. The number of fused-ring (bicyclic) bond motifs is 2. The van der Waals surface area contributed by atoms with E-state index in [1.807, 2.05) is 47.8 Å². The minimum Gasteiger partial charge on any atom is -0.748 e. The van der Waals surface area contributed by atoms with Gasteiger partial charge in [-0.25, -0.2) is 38.5 Å². The van der Waals surface area contributed by atoms with Gasteiger partial charge in [-0.2, -0.15) is 4.58 Å². The summed E-state index contributed by atoms with van der Waals surface area (Å²) >= 11 is 0. The van der Waals surface area contributed by atoms with Crippen molar-refractivity contribution in [1.29, 1.82) is 0 Å². The first-order chi connectivity index (χ1) is 52.5. The summed E-state index contributed by atoms with van der Waals surface area (Å²) < 4.78 is 164. The zero-order valence-corrected chi connectivity index (χ0v) is 85.9. The van der Waals surface area contributed by atoms with Crippen LogP contribution in [0.1, 0.15) is 127 Å². The number of carboxylic acids is 4. The van der Waals surface area contributed by atoms with E-state index in [1.165, 1.54) is 36.4 Å².